The van der Waals surface area contributed by atoms with Gasteiger partial charge in [0, 0.05) is 0 Å². The molecule has 2 rings (SSSR count). The molecule has 0 spiro atoms. The molecule has 0 aliphatic heterocycles. The van der Waals surface area contributed by atoms with E-state index < -0.39 is 5.91 Å². The molecule has 0 fully saturated rings. The zero-order chi connectivity index (χ0) is 15.1. The van der Waals surface area contributed by atoms with Crippen LogP contribution in [0.2, 0.25) is 0 Å². The Morgan fingerprint density at radius 1 is 0.952 bits per heavy atom. The van der Waals surface area contributed by atoms with Gasteiger partial charge < -0.3 is 15.2 Å². The van der Waals surface area contributed by atoms with Gasteiger partial charge in [0.2, 0.25) is 5.91 Å². The summed E-state index contributed by atoms with van der Waals surface area (Å²) in [4.78, 5) is 10.6. The van der Waals surface area contributed by atoms with Gasteiger partial charge in [0.25, 0.3) is 0 Å². The first-order chi connectivity index (χ1) is 10.2. The van der Waals surface area contributed by atoms with Crippen LogP contribution in [0.4, 0.5) is 0 Å². The van der Waals surface area contributed by atoms with E-state index in [1.54, 1.807) is 0 Å². The molecule has 2 aromatic rings. The first kappa shape index (κ1) is 15.1. The quantitative estimate of drug-likeness (QED) is 0.850. The predicted molar refractivity (Wildman–Crippen MR) is 81.2 cm³/mol. The molecule has 2 aromatic carbocycles. The van der Waals surface area contributed by atoms with Crippen LogP contribution in [-0.2, 0) is 22.6 Å². The summed E-state index contributed by atoms with van der Waals surface area (Å²) in [5.41, 5.74) is 7.25. The Kier molecular flexibility index (Phi) is 5.35. The Balaban J connectivity index is 1.90. The zero-order valence-electron chi connectivity index (χ0n) is 12.0. The molecule has 4 heteroatoms. The summed E-state index contributed by atoms with van der Waals surface area (Å²) in [7, 11) is 0. The van der Waals surface area contributed by atoms with Crippen LogP contribution in [0.25, 0.3) is 0 Å². The second-order valence-corrected chi connectivity index (χ2v) is 4.70. The van der Waals surface area contributed by atoms with Gasteiger partial charge in [-0.2, -0.15) is 0 Å². The van der Waals surface area contributed by atoms with Gasteiger partial charge >= 0.3 is 0 Å². The number of rotatable bonds is 7. The Morgan fingerprint density at radius 2 is 1.48 bits per heavy atom. The van der Waals surface area contributed by atoms with Crippen LogP contribution in [0, 0.1) is 0 Å². The molecule has 0 saturated heterocycles. The number of primary amides is 1. The average molecular weight is 285 g/mol. The van der Waals surface area contributed by atoms with Gasteiger partial charge in [0.15, 0.2) is 0 Å². The second kappa shape index (κ2) is 7.45. The van der Waals surface area contributed by atoms with E-state index in [9.17, 15) is 4.79 Å². The van der Waals surface area contributed by atoms with Crippen molar-refractivity contribution in [3.63, 3.8) is 0 Å². The van der Waals surface area contributed by atoms with Gasteiger partial charge in [-0.05, 0) is 41.8 Å². The summed E-state index contributed by atoms with van der Waals surface area (Å²) in [6.45, 7) is 2.41. The fourth-order valence-electron chi connectivity index (χ4n) is 1.85. The maximum Gasteiger partial charge on any atom is 0.243 e. The van der Waals surface area contributed by atoms with Crippen LogP contribution < -0.4 is 10.5 Å². The number of carbonyl (C=O) groups excluding carboxylic acids is 1. The van der Waals surface area contributed by atoms with Gasteiger partial charge in [0.1, 0.15) is 18.1 Å². The van der Waals surface area contributed by atoms with Gasteiger partial charge in [-0.3, -0.25) is 4.79 Å². The Labute approximate surface area is 124 Å². The van der Waals surface area contributed by atoms with Crippen molar-refractivity contribution < 1.29 is 14.3 Å². The summed E-state index contributed by atoms with van der Waals surface area (Å²) in [5.74, 6) is 1.10. The first-order valence-corrected chi connectivity index (χ1v) is 6.89. The minimum atomic E-state index is -0.467. The van der Waals surface area contributed by atoms with Crippen molar-refractivity contribution >= 4 is 5.91 Å². The SMILES string of the molecule is CCc1ccc(Oc2ccc(COCC(N)=O)cc2)cc1. The van der Waals surface area contributed by atoms with Crippen LogP contribution >= 0.6 is 0 Å². The summed E-state index contributed by atoms with van der Waals surface area (Å²) in [5, 5.41) is 0. The van der Waals surface area contributed by atoms with E-state index >= 15 is 0 Å². The molecule has 0 aliphatic rings. The number of hydrogen-bond donors (Lipinski definition) is 1. The molecule has 110 valence electrons. The lowest BCUT2D eigenvalue weighted by Gasteiger charge is -2.07. The maximum atomic E-state index is 10.6. The number of amides is 1. The molecule has 4 nitrogen and oxygen atoms in total. The topological polar surface area (TPSA) is 61.6 Å². The van der Waals surface area contributed by atoms with Crippen LogP contribution in [0.1, 0.15) is 18.1 Å². The molecular formula is C17H19NO3. The number of nitrogens with two attached hydrogens (primary N) is 1. The largest absolute Gasteiger partial charge is 0.457 e. The summed E-state index contributed by atoms with van der Waals surface area (Å²) in [6.07, 6.45) is 1.01. The molecule has 0 unspecified atom stereocenters. The zero-order valence-corrected chi connectivity index (χ0v) is 12.0. The molecule has 0 bridgehead atoms. The monoisotopic (exact) mass is 285 g/mol. The van der Waals surface area contributed by atoms with E-state index in [0.717, 1.165) is 23.5 Å². The van der Waals surface area contributed by atoms with Crippen molar-refractivity contribution in [2.45, 2.75) is 20.0 Å². The fraction of sp³-hybridized carbons (Fsp3) is 0.235. The summed E-state index contributed by atoms with van der Waals surface area (Å²) >= 11 is 0. The highest BCUT2D eigenvalue weighted by Gasteiger charge is 2.00. The molecular weight excluding hydrogens is 266 g/mol. The number of carbonyl (C=O) groups is 1. The third kappa shape index (κ3) is 4.93. The third-order valence-corrected chi connectivity index (χ3v) is 3.00. The van der Waals surface area contributed by atoms with E-state index in [1.807, 2.05) is 36.4 Å². The Morgan fingerprint density at radius 3 is 1.95 bits per heavy atom. The standard InChI is InChI=1S/C17H19NO3/c1-2-13-3-7-15(8-4-13)21-16-9-5-14(6-10-16)11-20-12-17(18)19/h3-10H,2,11-12H2,1H3,(H2,18,19). The van der Waals surface area contributed by atoms with Crippen LogP contribution in [0.15, 0.2) is 48.5 Å². The smallest absolute Gasteiger partial charge is 0.243 e. The lowest BCUT2D eigenvalue weighted by atomic mass is 10.2. The molecule has 0 saturated carbocycles. The van der Waals surface area contributed by atoms with Crippen molar-refractivity contribution in [3.8, 4) is 11.5 Å². The van der Waals surface area contributed by atoms with Crippen molar-refractivity contribution in [2.75, 3.05) is 6.61 Å². The summed E-state index contributed by atoms with van der Waals surface area (Å²) in [6, 6.07) is 15.6. The number of benzene rings is 2. The molecule has 0 aromatic heterocycles. The molecule has 0 aliphatic carbocycles. The van der Waals surface area contributed by atoms with E-state index in [4.69, 9.17) is 15.2 Å². The van der Waals surface area contributed by atoms with Crippen LogP contribution in [0.5, 0.6) is 11.5 Å². The third-order valence-electron chi connectivity index (χ3n) is 3.00. The highest BCUT2D eigenvalue weighted by Crippen LogP contribution is 2.22. The Bertz CT molecular complexity index is 576. The van der Waals surface area contributed by atoms with Crippen molar-refractivity contribution in [1.29, 1.82) is 0 Å². The van der Waals surface area contributed by atoms with Crippen LogP contribution in [-0.4, -0.2) is 12.5 Å². The highest BCUT2D eigenvalue weighted by molar-refractivity contribution is 5.74. The average Bonchev–Trinajstić information content (AvgIpc) is 2.49. The highest BCUT2D eigenvalue weighted by atomic mass is 16.5. The molecule has 0 radical (unpaired) electrons. The van der Waals surface area contributed by atoms with Gasteiger partial charge in [0.05, 0.1) is 6.61 Å². The minimum absolute atomic E-state index is 0.0674. The van der Waals surface area contributed by atoms with Gasteiger partial charge in [-0.1, -0.05) is 31.2 Å². The Hall–Kier alpha value is -2.33. The predicted octanol–water partition coefficient (Wildman–Crippen LogP) is 3.04. The molecule has 1 amide bonds. The first-order valence-electron chi connectivity index (χ1n) is 6.89. The second-order valence-electron chi connectivity index (χ2n) is 4.70. The minimum Gasteiger partial charge on any atom is -0.457 e. The normalized spacial score (nSPS) is 10.3. The van der Waals surface area contributed by atoms with E-state index in [1.165, 1.54) is 5.56 Å². The lowest BCUT2D eigenvalue weighted by molar-refractivity contribution is -0.122. The van der Waals surface area contributed by atoms with E-state index in [-0.39, 0.29) is 6.61 Å². The molecule has 0 atom stereocenters. The van der Waals surface area contributed by atoms with Gasteiger partial charge in [-0.15, -0.1) is 0 Å². The number of ether oxygens (including phenoxy) is 2. The number of aryl methyl sites for hydroxylation is 1. The van der Waals surface area contributed by atoms with Crippen molar-refractivity contribution in [3.05, 3.63) is 59.7 Å². The fourth-order valence-corrected chi connectivity index (χ4v) is 1.85. The van der Waals surface area contributed by atoms with Crippen molar-refractivity contribution in [2.24, 2.45) is 5.73 Å². The summed E-state index contributed by atoms with van der Waals surface area (Å²) < 4.78 is 10.9. The van der Waals surface area contributed by atoms with Crippen LogP contribution in [0.3, 0.4) is 0 Å². The molecule has 21 heavy (non-hydrogen) atoms. The lowest BCUT2D eigenvalue weighted by Crippen LogP contribution is -2.17. The maximum absolute atomic E-state index is 10.6. The molecule has 0 heterocycles. The van der Waals surface area contributed by atoms with E-state index in [2.05, 4.69) is 19.1 Å². The molecule has 2 N–H and O–H groups in total. The number of hydrogen-bond acceptors (Lipinski definition) is 3. The van der Waals surface area contributed by atoms with E-state index in [0.29, 0.717) is 6.61 Å². The van der Waals surface area contributed by atoms with Gasteiger partial charge in [-0.25, -0.2) is 0 Å². The van der Waals surface area contributed by atoms with Crippen molar-refractivity contribution in [1.82, 2.24) is 0 Å².